The van der Waals surface area contributed by atoms with E-state index in [1.165, 1.54) is 37.5 Å². The number of likely N-dealkylation sites (N-methyl/N-ethyl adjacent to an activating group) is 1. The summed E-state index contributed by atoms with van der Waals surface area (Å²) in [6.07, 6.45) is 3.10. The Kier molecular flexibility index (Phi) is 7.49. The molecule has 31 heavy (non-hydrogen) atoms. The average molecular weight is 441 g/mol. The maximum absolute atomic E-state index is 6.11. The van der Waals surface area contributed by atoms with Crippen LogP contribution in [0.15, 0.2) is 42.5 Å². The molecule has 0 atom stereocenters. The normalized spacial score (nSPS) is 15.6. The Bertz CT molecular complexity index is 994. The Balaban J connectivity index is 1.34. The number of benzene rings is 2. The van der Waals surface area contributed by atoms with Crippen molar-refractivity contribution < 1.29 is 4.74 Å². The number of halogens is 1. The fraction of sp³-hybridized carbons (Fsp3) is 0.480. The minimum Gasteiger partial charge on any atom is -0.494 e. The molecule has 0 spiro atoms. The van der Waals surface area contributed by atoms with Crippen LogP contribution in [0.2, 0.25) is 5.02 Å². The summed E-state index contributed by atoms with van der Waals surface area (Å²) in [5.74, 6) is 2.07. The zero-order chi connectivity index (χ0) is 21.6. The van der Waals surface area contributed by atoms with Gasteiger partial charge in [-0.1, -0.05) is 23.7 Å². The number of hydrogen-bond acceptors (Lipinski definition) is 4. The molecule has 5 nitrogen and oxygen atoms in total. The Labute approximate surface area is 190 Å². The minimum atomic E-state index is 0.675. The van der Waals surface area contributed by atoms with Gasteiger partial charge < -0.3 is 19.1 Å². The van der Waals surface area contributed by atoms with Gasteiger partial charge in [-0.25, -0.2) is 4.98 Å². The summed E-state index contributed by atoms with van der Waals surface area (Å²) >= 11 is 6.11. The van der Waals surface area contributed by atoms with Crippen LogP contribution in [0.4, 0.5) is 0 Å². The van der Waals surface area contributed by atoms with Crippen molar-refractivity contribution in [2.45, 2.75) is 32.7 Å². The third-order valence-corrected chi connectivity index (χ3v) is 6.55. The van der Waals surface area contributed by atoms with Gasteiger partial charge in [0.05, 0.1) is 17.6 Å². The molecule has 0 aliphatic carbocycles. The first kappa shape index (κ1) is 22.1. The zero-order valence-electron chi connectivity index (χ0n) is 18.7. The first-order chi connectivity index (χ1) is 15.1. The van der Waals surface area contributed by atoms with Crippen molar-refractivity contribution in [2.75, 3.05) is 46.4 Å². The molecule has 0 N–H and O–H groups in total. The van der Waals surface area contributed by atoms with Crippen LogP contribution in [0, 0.1) is 6.92 Å². The monoisotopic (exact) mass is 440 g/mol. The third kappa shape index (κ3) is 5.79. The van der Waals surface area contributed by atoms with Gasteiger partial charge in [0, 0.05) is 44.2 Å². The molecule has 6 heteroatoms. The van der Waals surface area contributed by atoms with Crippen LogP contribution in [0.1, 0.15) is 24.2 Å². The SMILES string of the molecule is Cc1cc(OCCCn2c(CCCN3CCN(C)CC3)nc3ccccc32)ccc1Cl. The van der Waals surface area contributed by atoms with E-state index >= 15 is 0 Å². The first-order valence-corrected chi connectivity index (χ1v) is 11.7. The zero-order valence-corrected chi connectivity index (χ0v) is 19.4. The Morgan fingerprint density at radius 2 is 1.81 bits per heavy atom. The van der Waals surface area contributed by atoms with Crippen LogP contribution in [0.3, 0.4) is 0 Å². The van der Waals surface area contributed by atoms with E-state index in [0.29, 0.717) is 6.61 Å². The second-order valence-corrected chi connectivity index (χ2v) is 8.94. The Hall–Kier alpha value is -2.08. The molecule has 0 radical (unpaired) electrons. The summed E-state index contributed by atoms with van der Waals surface area (Å²) in [5, 5.41) is 0.776. The van der Waals surface area contributed by atoms with Gasteiger partial charge in [0.15, 0.2) is 0 Å². The fourth-order valence-electron chi connectivity index (χ4n) is 4.22. The molecule has 1 saturated heterocycles. The number of nitrogens with zero attached hydrogens (tertiary/aromatic N) is 4. The molecule has 0 saturated carbocycles. The summed E-state index contributed by atoms with van der Waals surface area (Å²) in [6.45, 7) is 9.43. The van der Waals surface area contributed by atoms with Gasteiger partial charge in [-0.15, -0.1) is 0 Å². The lowest BCUT2D eigenvalue weighted by molar-refractivity contribution is 0.152. The highest BCUT2D eigenvalue weighted by Gasteiger charge is 2.15. The molecule has 0 amide bonds. The minimum absolute atomic E-state index is 0.675. The van der Waals surface area contributed by atoms with Crippen LogP contribution in [-0.2, 0) is 13.0 Å². The van der Waals surface area contributed by atoms with Crippen LogP contribution < -0.4 is 4.74 Å². The lowest BCUT2D eigenvalue weighted by atomic mass is 10.2. The topological polar surface area (TPSA) is 33.5 Å². The number of imidazole rings is 1. The van der Waals surface area contributed by atoms with E-state index in [0.717, 1.165) is 54.2 Å². The molecule has 0 unspecified atom stereocenters. The fourth-order valence-corrected chi connectivity index (χ4v) is 4.34. The first-order valence-electron chi connectivity index (χ1n) is 11.3. The summed E-state index contributed by atoms with van der Waals surface area (Å²) in [6, 6.07) is 14.3. The number of piperazine rings is 1. The lowest BCUT2D eigenvalue weighted by Gasteiger charge is -2.32. The van der Waals surface area contributed by atoms with Gasteiger partial charge in [0.1, 0.15) is 11.6 Å². The smallest absolute Gasteiger partial charge is 0.119 e. The molecule has 3 aromatic rings. The molecule has 2 aromatic carbocycles. The predicted octanol–water partition coefficient (Wildman–Crippen LogP) is 4.65. The van der Waals surface area contributed by atoms with Crippen LogP contribution >= 0.6 is 11.6 Å². The number of hydrogen-bond donors (Lipinski definition) is 0. The second kappa shape index (κ2) is 10.5. The van der Waals surface area contributed by atoms with E-state index in [9.17, 15) is 0 Å². The largest absolute Gasteiger partial charge is 0.494 e. The molecule has 1 aliphatic heterocycles. The second-order valence-electron chi connectivity index (χ2n) is 8.53. The van der Waals surface area contributed by atoms with Gasteiger partial charge in [-0.2, -0.15) is 0 Å². The number of ether oxygens (including phenoxy) is 1. The number of aromatic nitrogens is 2. The summed E-state index contributed by atoms with van der Waals surface area (Å²) in [5.41, 5.74) is 3.35. The van der Waals surface area contributed by atoms with Gasteiger partial charge in [0.2, 0.25) is 0 Å². The van der Waals surface area contributed by atoms with Gasteiger partial charge in [-0.3, -0.25) is 0 Å². The molecular formula is C25H33ClN4O. The van der Waals surface area contributed by atoms with Crippen molar-refractivity contribution in [3.63, 3.8) is 0 Å². The van der Waals surface area contributed by atoms with Crippen molar-refractivity contribution in [3.8, 4) is 5.75 Å². The van der Waals surface area contributed by atoms with Crippen molar-refractivity contribution in [1.82, 2.24) is 19.4 Å². The predicted molar refractivity (Wildman–Crippen MR) is 128 cm³/mol. The van der Waals surface area contributed by atoms with Crippen LogP contribution in [0.5, 0.6) is 5.75 Å². The highest BCUT2D eigenvalue weighted by molar-refractivity contribution is 6.31. The maximum Gasteiger partial charge on any atom is 0.119 e. The van der Waals surface area contributed by atoms with Crippen molar-refractivity contribution in [3.05, 3.63) is 58.9 Å². The maximum atomic E-state index is 6.11. The van der Waals surface area contributed by atoms with Crippen molar-refractivity contribution in [2.24, 2.45) is 0 Å². The molecular weight excluding hydrogens is 408 g/mol. The molecule has 1 fully saturated rings. The van der Waals surface area contributed by atoms with Gasteiger partial charge >= 0.3 is 0 Å². The average Bonchev–Trinajstić information content (AvgIpc) is 3.12. The molecule has 0 bridgehead atoms. The highest BCUT2D eigenvalue weighted by Crippen LogP contribution is 2.22. The molecule has 1 aliphatic rings. The van der Waals surface area contributed by atoms with Crippen molar-refractivity contribution in [1.29, 1.82) is 0 Å². The summed E-state index contributed by atoms with van der Waals surface area (Å²) in [7, 11) is 2.21. The Morgan fingerprint density at radius 1 is 1.00 bits per heavy atom. The van der Waals surface area contributed by atoms with Crippen molar-refractivity contribution >= 4 is 22.6 Å². The number of aryl methyl sites for hydroxylation is 3. The van der Waals surface area contributed by atoms with E-state index in [1.807, 2.05) is 25.1 Å². The standard InChI is InChI=1S/C25H33ClN4O/c1-20-19-21(10-11-22(20)26)31-18-6-13-30-24-8-4-3-7-23(24)27-25(30)9-5-12-29-16-14-28(2)15-17-29/h3-4,7-8,10-11,19H,5-6,9,12-18H2,1-2H3. The van der Waals surface area contributed by atoms with E-state index < -0.39 is 0 Å². The number of fused-ring (bicyclic) bond motifs is 1. The summed E-state index contributed by atoms with van der Waals surface area (Å²) in [4.78, 5) is 9.93. The highest BCUT2D eigenvalue weighted by atomic mass is 35.5. The summed E-state index contributed by atoms with van der Waals surface area (Å²) < 4.78 is 8.34. The quantitative estimate of drug-likeness (QED) is 0.453. The number of rotatable bonds is 9. The van der Waals surface area contributed by atoms with Crippen LogP contribution in [-0.4, -0.2) is 65.7 Å². The lowest BCUT2D eigenvalue weighted by Crippen LogP contribution is -2.44. The van der Waals surface area contributed by atoms with E-state index in [-0.39, 0.29) is 0 Å². The van der Waals surface area contributed by atoms with Crippen LogP contribution in [0.25, 0.3) is 11.0 Å². The molecule has 1 aromatic heterocycles. The number of para-hydroxylation sites is 2. The third-order valence-electron chi connectivity index (χ3n) is 6.13. The molecule has 2 heterocycles. The van der Waals surface area contributed by atoms with E-state index in [2.05, 4.69) is 45.7 Å². The molecule has 166 valence electrons. The Morgan fingerprint density at radius 3 is 2.61 bits per heavy atom. The molecule has 4 rings (SSSR count). The van der Waals surface area contributed by atoms with Gasteiger partial charge in [-0.05, 0) is 69.3 Å². The van der Waals surface area contributed by atoms with E-state index in [4.69, 9.17) is 21.3 Å². The van der Waals surface area contributed by atoms with E-state index in [1.54, 1.807) is 0 Å². The van der Waals surface area contributed by atoms with Gasteiger partial charge in [0.25, 0.3) is 0 Å².